The van der Waals surface area contributed by atoms with Gasteiger partial charge >= 0.3 is 5.97 Å². The standard InChI is InChI=1S/C33H39N5O4/c1-3-33(32(41)34-13-14-37-17-15-36(2)16-18-37)24-19-26-29-23(20-38(26)30(39)28(24)31(40)42-33)27(21-9-5-4-6-10-21)22-11-7-8-12-25(22)35-29/h7-8,11-12,19,21H,3-6,9-10,13-18,20H2,1-2H3,(H,34,41)/t33-/m1/s1. The van der Waals surface area contributed by atoms with Crippen LogP contribution < -0.4 is 10.9 Å². The molecule has 0 unspecified atom stereocenters. The summed E-state index contributed by atoms with van der Waals surface area (Å²) in [6.07, 6.45) is 6.15. The third kappa shape index (κ3) is 4.28. The summed E-state index contributed by atoms with van der Waals surface area (Å²) in [5.74, 6) is -0.672. The number of pyridine rings is 2. The molecule has 3 aliphatic heterocycles. The maximum absolute atomic E-state index is 14.0. The molecule has 3 aromatic rings. The van der Waals surface area contributed by atoms with Gasteiger partial charge in [-0.2, -0.15) is 0 Å². The summed E-state index contributed by atoms with van der Waals surface area (Å²) in [5, 5.41) is 4.17. The Hall–Kier alpha value is -3.56. The molecule has 2 fully saturated rings. The molecule has 1 saturated carbocycles. The normalized spacial score (nSPS) is 22.6. The SMILES string of the molecule is CC[C@@]1(C(=O)NCCN2CCN(C)CC2)OC(=O)c2c1cc1n(c2=O)Cc2c-1nc1ccccc1c2C1CCCCC1. The van der Waals surface area contributed by atoms with E-state index in [4.69, 9.17) is 9.72 Å². The van der Waals surface area contributed by atoms with E-state index in [9.17, 15) is 14.4 Å². The summed E-state index contributed by atoms with van der Waals surface area (Å²) in [7, 11) is 2.11. The number of amides is 1. The molecule has 0 spiro atoms. The number of ether oxygens (including phenoxy) is 1. The smallest absolute Gasteiger partial charge is 0.345 e. The van der Waals surface area contributed by atoms with E-state index in [1.807, 2.05) is 25.1 Å². The molecule has 0 bridgehead atoms. The molecule has 1 aromatic carbocycles. The van der Waals surface area contributed by atoms with Gasteiger partial charge in [0.2, 0.25) is 5.60 Å². The van der Waals surface area contributed by atoms with E-state index in [2.05, 4.69) is 34.3 Å². The third-order valence-corrected chi connectivity index (χ3v) is 9.99. The predicted molar refractivity (Wildman–Crippen MR) is 161 cm³/mol. The first-order valence-corrected chi connectivity index (χ1v) is 15.5. The van der Waals surface area contributed by atoms with Gasteiger partial charge in [-0.05, 0) is 49.9 Å². The molecule has 1 amide bonds. The summed E-state index contributed by atoms with van der Waals surface area (Å²) >= 11 is 0. The number of carbonyl (C=O) groups is 2. The highest BCUT2D eigenvalue weighted by molar-refractivity contribution is 6.02. The lowest BCUT2D eigenvalue weighted by Crippen LogP contribution is -2.49. The number of rotatable bonds is 6. The number of likely N-dealkylation sites (N-methyl/N-ethyl adjacent to an activating group) is 1. The maximum Gasteiger partial charge on any atom is 0.345 e. The first-order chi connectivity index (χ1) is 20.4. The fourth-order valence-corrected chi connectivity index (χ4v) is 7.58. The number of hydrogen-bond acceptors (Lipinski definition) is 7. The van der Waals surface area contributed by atoms with Crippen LogP contribution in [0.25, 0.3) is 22.3 Å². The third-order valence-electron chi connectivity index (χ3n) is 9.99. The zero-order valence-electron chi connectivity index (χ0n) is 24.6. The van der Waals surface area contributed by atoms with Crippen LogP contribution in [0.3, 0.4) is 0 Å². The van der Waals surface area contributed by atoms with Crippen molar-refractivity contribution in [1.29, 1.82) is 0 Å². The first-order valence-electron chi connectivity index (χ1n) is 15.5. The first kappa shape index (κ1) is 27.3. The molecule has 5 heterocycles. The molecule has 1 aliphatic carbocycles. The fourth-order valence-electron chi connectivity index (χ4n) is 7.58. The minimum absolute atomic E-state index is 0.0219. The van der Waals surface area contributed by atoms with Crippen molar-refractivity contribution >= 4 is 22.8 Å². The number of piperazine rings is 1. The van der Waals surface area contributed by atoms with Crippen LogP contribution in [0, 0.1) is 0 Å². The summed E-state index contributed by atoms with van der Waals surface area (Å²) < 4.78 is 7.49. The highest BCUT2D eigenvalue weighted by Crippen LogP contribution is 2.46. The average molecular weight is 570 g/mol. The molecule has 2 aromatic heterocycles. The Morgan fingerprint density at radius 3 is 2.62 bits per heavy atom. The lowest BCUT2D eigenvalue weighted by atomic mass is 9.80. The second-order valence-electron chi connectivity index (χ2n) is 12.4. The number of benzene rings is 1. The van der Waals surface area contributed by atoms with Crippen LogP contribution >= 0.6 is 0 Å². The van der Waals surface area contributed by atoms with Gasteiger partial charge in [-0.3, -0.25) is 14.5 Å². The van der Waals surface area contributed by atoms with Crippen LogP contribution in [0.1, 0.15) is 78.4 Å². The van der Waals surface area contributed by atoms with Gasteiger partial charge in [0.15, 0.2) is 0 Å². The lowest BCUT2D eigenvalue weighted by molar-refractivity contribution is -0.140. The molecule has 0 radical (unpaired) electrons. The van der Waals surface area contributed by atoms with Gasteiger partial charge in [0, 0.05) is 55.8 Å². The predicted octanol–water partition coefficient (Wildman–Crippen LogP) is 3.61. The second kappa shape index (κ2) is 10.6. The highest BCUT2D eigenvalue weighted by atomic mass is 16.6. The number of nitrogens with one attached hydrogen (secondary N) is 1. The molecule has 1 saturated heterocycles. The topological polar surface area (TPSA) is 96.8 Å². The monoisotopic (exact) mass is 569 g/mol. The summed E-state index contributed by atoms with van der Waals surface area (Å²) in [6, 6.07) is 10.1. The Labute approximate surface area is 245 Å². The van der Waals surface area contributed by atoms with E-state index in [-0.39, 0.29) is 17.9 Å². The van der Waals surface area contributed by atoms with Crippen LogP contribution in [0.5, 0.6) is 0 Å². The molecule has 9 heteroatoms. The van der Waals surface area contributed by atoms with Crippen molar-refractivity contribution in [2.24, 2.45) is 0 Å². The van der Waals surface area contributed by atoms with Crippen molar-refractivity contribution in [3.05, 3.63) is 62.9 Å². The number of esters is 1. The Balaban J connectivity index is 1.27. The molecule has 1 atom stereocenters. The highest BCUT2D eigenvalue weighted by Gasteiger charge is 2.53. The van der Waals surface area contributed by atoms with E-state index in [0.717, 1.165) is 67.7 Å². The van der Waals surface area contributed by atoms with Crippen LogP contribution in [-0.2, 0) is 21.7 Å². The number of fused-ring (bicyclic) bond motifs is 5. The van der Waals surface area contributed by atoms with Gasteiger partial charge in [0.1, 0.15) is 5.56 Å². The maximum atomic E-state index is 14.0. The van der Waals surface area contributed by atoms with Crippen LogP contribution in [0.4, 0.5) is 0 Å². The van der Waals surface area contributed by atoms with Gasteiger partial charge in [-0.15, -0.1) is 0 Å². The van der Waals surface area contributed by atoms with Crippen molar-refractivity contribution in [1.82, 2.24) is 24.7 Å². The largest absolute Gasteiger partial charge is 0.440 e. The van der Waals surface area contributed by atoms with Gasteiger partial charge in [-0.25, -0.2) is 9.78 Å². The number of cyclic esters (lactones) is 1. The van der Waals surface area contributed by atoms with E-state index in [0.29, 0.717) is 30.3 Å². The van der Waals surface area contributed by atoms with E-state index < -0.39 is 17.1 Å². The number of nitrogens with zero attached hydrogens (tertiary/aromatic N) is 4. The van der Waals surface area contributed by atoms with Crippen molar-refractivity contribution < 1.29 is 14.3 Å². The van der Waals surface area contributed by atoms with Gasteiger partial charge < -0.3 is 19.5 Å². The lowest BCUT2D eigenvalue weighted by Gasteiger charge is -2.32. The quantitative estimate of drug-likeness (QED) is 0.355. The number of para-hydroxylation sites is 1. The summed E-state index contributed by atoms with van der Waals surface area (Å²) in [6.45, 7) is 7.29. The minimum atomic E-state index is -1.53. The van der Waals surface area contributed by atoms with Gasteiger partial charge in [0.25, 0.3) is 11.5 Å². The van der Waals surface area contributed by atoms with Crippen molar-refractivity contribution in [2.45, 2.75) is 63.5 Å². The van der Waals surface area contributed by atoms with Crippen molar-refractivity contribution in [3.8, 4) is 11.4 Å². The molecular formula is C33H39N5O4. The molecule has 1 N–H and O–H groups in total. The molecule has 42 heavy (non-hydrogen) atoms. The molecule has 9 nitrogen and oxygen atoms in total. The van der Waals surface area contributed by atoms with Crippen LogP contribution in [-0.4, -0.2) is 77.5 Å². The number of aromatic nitrogens is 2. The number of carbonyl (C=O) groups excluding carboxylic acids is 2. The summed E-state index contributed by atoms with van der Waals surface area (Å²) in [4.78, 5) is 50.7. The zero-order valence-corrected chi connectivity index (χ0v) is 24.6. The van der Waals surface area contributed by atoms with Crippen molar-refractivity contribution in [3.63, 3.8) is 0 Å². The molecule has 4 aliphatic rings. The van der Waals surface area contributed by atoms with Crippen LogP contribution in [0.15, 0.2) is 35.1 Å². The molecule has 7 rings (SSSR count). The van der Waals surface area contributed by atoms with E-state index >= 15 is 0 Å². The Morgan fingerprint density at radius 2 is 1.86 bits per heavy atom. The van der Waals surface area contributed by atoms with Crippen molar-refractivity contribution in [2.75, 3.05) is 46.3 Å². The second-order valence-corrected chi connectivity index (χ2v) is 12.4. The Bertz CT molecular complexity index is 1630. The van der Waals surface area contributed by atoms with E-state index in [1.54, 1.807) is 4.57 Å². The molecule has 220 valence electrons. The average Bonchev–Trinajstić information content (AvgIpc) is 3.53. The zero-order chi connectivity index (χ0) is 29.0. The minimum Gasteiger partial charge on any atom is -0.440 e. The fraction of sp³-hybridized carbons (Fsp3) is 0.515. The van der Waals surface area contributed by atoms with Gasteiger partial charge in [0.05, 0.1) is 23.4 Å². The Kier molecular flexibility index (Phi) is 6.89. The van der Waals surface area contributed by atoms with Crippen LogP contribution in [0.2, 0.25) is 0 Å². The Morgan fingerprint density at radius 1 is 1.10 bits per heavy atom. The van der Waals surface area contributed by atoms with E-state index in [1.165, 1.54) is 24.8 Å². The summed E-state index contributed by atoms with van der Waals surface area (Å²) in [5.41, 5.74) is 3.15. The number of hydrogen-bond donors (Lipinski definition) is 1. The van der Waals surface area contributed by atoms with Gasteiger partial charge in [-0.1, -0.05) is 44.4 Å². The molecular weight excluding hydrogens is 530 g/mol.